The maximum absolute atomic E-state index is 13.5. The van der Waals surface area contributed by atoms with Crippen molar-refractivity contribution in [3.63, 3.8) is 0 Å². The average molecular weight is 481 g/mol. The van der Waals surface area contributed by atoms with Crippen LogP contribution in [0.5, 0.6) is 0 Å². The van der Waals surface area contributed by atoms with Crippen LogP contribution in [0.25, 0.3) is 5.52 Å². The Morgan fingerprint density at radius 1 is 1.03 bits per heavy atom. The van der Waals surface area contributed by atoms with Gasteiger partial charge in [0.2, 0.25) is 11.9 Å². The van der Waals surface area contributed by atoms with Gasteiger partial charge >= 0.3 is 0 Å². The molecule has 6 rings (SSSR count). The number of aromatic nitrogens is 5. The Balaban J connectivity index is 1.17. The smallest absolute Gasteiger partial charge is 0.245 e. The molecule has 2 aliphatic rings. The van der Waals surface area contributed by atoms with Crippen LogP contribution in [0.4, 0.5) is 17.6 Å². The zero-order chi connectivity index (χ0) is 24.5. The minimum atomic E-state index is -0.190. The second kappa shape index (κ2) is 9.33. The van der Waals surface area contributed by atoms with Crippen molar-refractivity contribution in [3.8, 4) is 0 Å². The van der Waals surface area contributed by atoms with Gasteiger partial charge < -0.3 is 15.1 Å². The molecule has 2 N–H and O–H groups in total. The molecule has 9 heteroatoms. The summed E-state index contributed by atoms with van der Waals surface area (Å²) in [6, 6.07) is 16.1. The molecular formula is C27H28N8O. The number of benzene rings is 1. The number of anilines is 3. The van der Waals surface area contributed by atoms with Gasteiger partial charge in [-0.2, -0.15) is 10.1 Å². The molecule has 1 fully saturated rings. The summed E-state index contributed by atoms with van der Waals surface area (Å²) < 4.78 is 1.82. The first-order valence-corrected chi connectivity index (χ1v) is 12.2. The van der Waals surface area contributed by atoms with Gasteiger partial charge in [-0.3, -0.25) is 9.89 Å². The van der Waals surface area contributed by atoms with Gasteiger partial charge in [-0.25, -0.2) is 4.52 Å². The van der Waals surface area contributed by atoms with E-state index in [4.69, 9.17) is 10.1 Å². The minimum absolute atomic E-state index is 0.0560. The highest BCUT2D eigenvalue weighted by Crippen LogP contribution is 2.32. The van der Waals surface area contributed by atoms with E-state index in [0.29, 0.717) is 43.8 Å². The Labute approximate surface area is 209 Å². The second-order valence-corrected chi connectivity index (χ2v) is 9.20. The monoisotopic (exact) mass is 480 g/mol. The van der Waals surface area contributed by atoms with Crippen LogP contribution < -0.4 is 10.2 Å². The number of piperazine rings is 1. The van der Waals surface area contributed by atoms with Crippen molar-refractivity contribution in [2.24, 2.45) is 5.92 Å². The molecule has 0 spiro atoms. The molecule has 9 nitrogen and oxygen atoms in total. The topological polar surface area (TPSA) is 94.5 Å². The Morgan fingerprint density at radius 3 is 2.61 bits per heavy atom. The lowest BCUT2D eigenvalue weighted by Crippen LogP contribution is -2.51. The Morgan fingerprint density at radius 2 is 1.83 bits per heavy atom. The molecule has 2 unspecified atom stereocenters. The Hall–Kier alpha value is -4.40. The predicted octanol–water partition coefficient (Wildman–Crippen LogP) is 3.68. The van der Waals surface area contributed by atoms with Gasteiger partial charge in [-0.1, -0.05) is 54.6 Å². The van der Waals surface area contributed by atoms with Crippen LogP contribution in [0.3, 0.4) is 0 Å². The maximum Gasteiger partial charge on any atom is 0.245 e. The molecule has 182 valence electrons. The van der Waals surface area contributed by atoms with Crippen molar-refractivity contribution >= 4 is 29.0 Å². The molecule has 2 atom stereocenters. The number of hydrogen-bond acceptors (Lipinski definition) is 6. The molecule has 1 aliphatic carbocycles. The van der Waals surface area contributed by atoms with E-state index in [9.17, 15) is 4.79 Å². The van der Waals surface area contributed by atoms with Gasteiger partial charge in [0.15, 0.2) is 11.6 Å². The minimum Gasteiger partial charge on any atom is -0.339 e. The fourth-order valence-corrected chi connectivity index (χ4v) is 4.93. The Kier molecular flexibility index (Phi) is 5.73. The van der Waals surface area contributed by atoms with Crippen LogP contribution in [-0.4, -0.2) is 61.8 Å². The first-order chi connectivity index (χ1) is 17.7. The van der Waals surface area contributed by atoms with E-state index >= 15 is 0 Å². The number of rotatable bonds is 5. The summed E-state index contributed by atoms with van der Waals surface area (Å²) in [5, 5.41) is 15.2. The summed E-state index contributed by atoms with van der Waals surface area (Å²) in [5.41, 5.74) is 3.00. The summed E-state index contributed by atoms with van der Waals surface area (Å²) in [6.07, 6.45) is 10.1. The van der Waals surface area contributed by atoms with Crippen molar-refractivity contribution in [1.29, 1.82) is 0 Å². The predicted molar refractivity (Wildman–Crippen MR) is 139 cm³/mol. The largest absolute Gasteiger partial charge is 0.339 e. The van der Waals surface area contributed by atoms with Crippen LogP contribution >= 0.6 is 0 Å². The molecular weight excluding hydrogens is 452 g/mol. The van der Waals surface area contributed by atoms with Crippen molar-refractivity contribution in [2.45, 2.75) is 12.8 Å². The SMILES string of the molecule is Cc1cc(Nc2nc(N3CCN(C(=O)C4C=CC=CC4c4ccccc4)CC3)nn3cccc23)n[nH]1. The number of nitrogens with one attached hydrogen (secondary N) is 2. The summed E-state index contributed by atoms with van der Waals surface area (Å²) in [4.78, 5) is 22.5. The van der Waals surface area contributed by atoms with E-state index in [1.54, 1.807) is 0 Å². The van der Waals surface area contributed by atoms with Crippen LogP contribution in [0.1, 0.15) is 17.2 Å². The standard InChI is InChI=1S/C27H28N8O/c1-19-18-24(31-30-19)28-25-23-12-7-13-35(23)32-27(29-25)34-16-14-33(15-17-34)26(36)22-11-6-5-10-21(22)20-8-3-2-4-9-20/h2-13,18,21-22H,14-17H2,1H3,(H2,28,29,30,31,32). The van der Waals surface area contributed by atoms with E-state index in [0.717, 1.165) is 16.8 Å². The average Bonchev–Trinajstić information content (AvgIpc) is 3.57. The van der Waals surface area contributed by atoms with E-state index in [-0.39, 0.29) is 17.7 Å². The van der Waals surface area contributed by atoms with Crippen molar-refractivity contribution < 1.29 is 4.79 Å². The number of carbonyl (C=O) groups is 1. The number of amides is 1. The van der Waals surface area contributed by atoms with Gasteiger partial charge in [-0.15, -0.1) is 5.10 Å². The highest BCUT2D eigenvalue weighted by atomic mass is 16.2. The Bertz CT molecular complexity index is 1430. The second-order valence-electron chi connectivity index (χ2n) is 9.20. The fourth-order valence-electron chi connectivity index (χ4n) is 4.93. The van der Waals surface area contributed by atoms with Gasteiger partial charge in [0.25, 0.3) is 0 Å². The van der Waals surface area contributed by atoms with Gasteiger partial charge in [-0.05, 0) is 24.6 Å². The van der Waals surface area contributed by atoms with Crippen LogP contribution in [0, 0.1) is 12.8 Å². The summed E-state index contributed by atoms with van der Waals surface area (Å²) in [5.74, 6) is 2.06. The number of H-pyrrole nitrogens is 1. The molecule has 1 aromatic carbocycles. The van der Waals surface area contributed by atoms with Crippen molar-refractivity contribution in [1.82, 2.24) is 29.7 Å². The van der Waals surface area contributed by atoms with Gasteiger partial charge in [0.1, 0.15) is 5.52 Å². The third kappa shape index (κ3) is 4.24. The zero-order valence-electron chi connectivity index (χ0n) is 20.1. The third-order valence-electron chi connectivity index (χ3n) is 6.81. The highest BCUT2D eigenvalue weighted by Gasteiger charge is 2.32. The summed E-state index contributed by atoms with van der Waals surface area (Å²) in [7, 11) is 0. The van der Waals surface area contributed by atoms with E-state index < -0.39 is 0 Å². The first kappa shape index (κ1) is 22.1. The number of carbonyl (C=O) groups excluding carboxylic acids is 1. The van der Waals surface area contributed by atoms with E-state index in [2.05, 4.69) is 38.6 Å². The molecule has 0 saturated carbocycles. The first-order valence-electron chi connectivity index (χ1n) is 12.2. The number of fused-ring (bicyclic) bond motifs is 1. The molecule has 36 heavy (non-hydrogen) atoms. The van der Waals surface area contributed by atoms with E-state index in [1.165, 1.54) is 0 Å². The molecule has 0 bridgehead atoms. The lowest BCUT2D eigenvalue weighted by Gasteiger charge is -2.37. The third-order valence-corrected chi connectivity index (χ3v) is 6.81. The summed E-state index contributed by atoms with van der Waals surface area (Å²) in [6.45, 7) is 4.55. The summed E-state index contributed by atoms with van der Waals surface area (Å²) >= 11 is 0. The quantitative estimate of drug-likeness (QED) is 0.453. The molecule has 0 radical (unpaired) electrons. The molecule has 4 aromatic rings. The van der Waals surface area contributed by atoms with E-state index in [1.807, 2.05) is 77.2 Å². The molecule has 3 aromatic heterocycles. The number of nitrogens with zero attached hydrogens (tertiary/aromatic N) is 6. The van der Waals surface area contributed by atoms with Gasteiger partial charge in [0.05, 0.1) is 5.92 Å². The zero-order valence-corrected chi connectivity index (χ0v) is 20.1. The number of hydrogen-bond donors (Lipinski definition) is 2. The van der Waals surface area contributed by atoms with Crippen molar-refractivity contribution in [3.05, 3.63) is 90.3 Å². The fraction of sp³-hybridized carbons (Fsp3) is 0.259. The molecule has 4 heterocycles. The number of aromatic amines is 1. The lowest BCUT2D eigenvalue weighted by molar-refractivity contribution is -0.134. The highest BCUT2D eigenvalue weighted by molar-refractivity contribution is 5.83. The van der Waals surface area contributed by atoms with Gasteiger partial charge in [0, 0.05) is 50.1 Å². The van der Waals surface area contributed by atoms with Crippen LogP contribution in [0.2, 0.25) is 0 Å². The maximum atomic E-state index is 13.5. The van der Waals surface area contributed by atoms with Crippen LogP contribution in [-0.2, 0) is 4.79 Å². The number of allylic oxidation sites excluding steroid dienone is 3. The molecule has 1 saturated heterocycles. The molecule has 1 amide bonds. The molecule has 1 aliphatic heterocycles. The van der Waals surface area contributed by atoms with Crippen molar-refractivity contribution in [2.75, 3.05) is 36.4 Å². The van der Waals surface area contributed by atoms with Crippen LogP contribution in [0.15, 0.2) is 79.0 Å². The number of aryl methyl sites for hydroxylation is 1. The normalized spacial score (nSPS) is 19.7. The lowest BCUT2D eigenvalue weighted by atomic mass is 9.82.